The third kappa shape index (κ3) is 4.17. The van der Waals surface area contributed by atoms with E-state index in [1.54, 1.807) is 25.3 Å². The molecule has 3 rings (SSSR count). The molecule has 0 aliphatic carbocycles. The molecule has 1 aromatic carbocycles. The molecular formula is C22H25N3O3. The third-order valence-corrected chi connectivity index (χ3v) is 4.69. The SMILES string of the molecule is Cc1cccc(-n2c(C)cc(C(=O)NC(C)C(=O)NCc3ccco3)c2C)c1. The molecule has 0 saturated heterocycles. The Morgan fingerprint density at radius 1 is 1.11 bits per heavy atom. The first-order valence-corrected chi connectivity index (χ1v) is 9.23. The molecule has 6 nitrogen and oxygen atoms in total. The first kappa shape index (κ1) is 19.5. The van der Waals surface area contributed by atoms with Gasteiger partial charge in [-0.3, -0.25) is 9.59 Å². The molecule has 0 fully saturated rings. The fourth-order valence-corrected chi connectivity index (χ4v) is 3.24. The quantitative estimate of drug-likeness (QED) is 0.689. The molecule has 6 heteroatoms. The standard InChI is InChI=1S/C22H25N3O3/c1-14-7-5-8-18(11-14)25-15(2)12-20(17(25)4)22(27)24-16(3)21(26)23-13-19-9-6-10-28-19/h5-12,16H,13H2,1-4H3,(H,23,26)(H,24,27). The van der Waals surface area contributed by atoms with Crippen LogP contribution in [0.15, 0.2) is 53.1 Å². The van der Waals surface area contributed by atoms with Gasteiger partial charge in [0.1, 0.15) is 11.8 Å². The summed E-state index contributed by atoms with van der Waals surface area (Å²) >= 11 is 0. The average molecular weight is 379 g/mol. The summed E-state index contributed by atoms with van der Waals surface area (Å²) in [5.74, 6) is 0.124. The highest BCUT2D eigenvalue weighted by molar-refractivity contribution is 5.98. The summed E-state index contributed by atoms with van der Waals surface area (Å²) in [5.41, 5.74) is 4.52. The first-order valence-electron chi connectivity index (χ1n) is 9.23. The van der Waals surface area contributed by atoms with Gasteiger partial charge in [-0.1, -0.05) is 12.1 Å². The Kier molecular flexibility index (Phi) is 5.68. The highest BCUT2D eigenvalue weighted by Gasteiger charge is 2.21. The predicted octanol–water partition coefficient (Wildman–Crippen LogP) is 3.43. The van der Waals surface area contributed by atoms with Crippen LogP contribution in [0.4, 0.5) is 0 Å². The molecule has 0 spiro atoms. The van der Waals surface area contributed by atoms with Gasteiger partial charge in [0.05, 0.1) is 18.4 Å². The van der Waals surface area contributed by atoms with E-state index in [-0.39, 0.29) is 18.4 Å². The number of aryl methyl sites for hydroxylation is 2. The molecule has 2 heterocycles. The molecule has 2 amide bonds. The van der Waals surface area contributed by atoms with Crippen molar-refractivity contribution in [1.82, 2.24) is 15.2 Å². The van der Waals surface area contributed by atoms with Crippen LogP contribution in [-0.4, -0.2) is 22.4 Å². The van der Waals surface area contributed by atoms with E-state index in [0.29, 0.717) is 11.3 Å². The Morgan fingerprint density at radius 2 is 1.89 bits per heavy atom. The Balaban J connectivity index is 1.70. The monoisotopic (exact) mass is 379 g/mol. The summed E-state index contributed by atoms with van der Waals surface area (Å²) in [6.45, 7) is 7.86. The van der Waals surface area contributed by atoms with Crippen molar-refractivity contribution in [1.29, 1.82) is 0 Å². The van der Waals surface area contributed by atoms with Crippen LogP contribution < -0.4 is 10.6 Å². The van der Waals surface area contributed by atoms with E-state index in [4.69, 9.17) is 4.42 Å². The molecule has 0 saturated carbocycles. The van der Waals surface area contributed by atoms with Gasteiger partial charge in [0.2, 0.25) is 5.91 Å². The lowest BCUT2D eigenvalue weighted by molar-refractivity contribution is -0.122. The number of nitrogens with zero attached hydrogens (tertiary/aromatic N) is 1. The molecule has 0 aliphatic heterocycles. The summed E-state index contributed by atoms with van der Waals surface area (Å²) in [7, 11) is 0. The van der Waals surface area contributed by atoms with E-state index in [1.165, 1.54) is 0 Å². The minimum absolute atomic E-state index is 0.266. The van der Waals surface area contributed by atoms with E-state index in [9.17, 15) is 9.59 Å². The van der Waals surface area contributed by atoms with Crippen LogP contribution in [0.3, 0.4) is 0 Å². The van der Waals surface area contributed by atoms with Gasteiger partial charge < -0.3 is 19.6 Å². The fraction of sp³-hybridized carbons (Fsp3) is 0.273. The van der Waals surface area contributed by atoms with Crippen LogP contribution in [-0.2, 0) is 11.3 Å². The lowest BCUT2D eigenvalue weighted by Crippen LogP contribution is -2.44. The second-order valence-corrected chi connectivity index (χ2v) is 6.95. The molecular weight excluding hydrogens is 354 g/mol. The second-order valence-electron chi connectivity index (χ2n) is 6.95. The molecule has 0 aliphatic rings. The molecule has 2 aromatic heterocycles. The van der Waals surface area contributed by atoms with Crippen molar-refractivity contribution in [2.24, 2.45) is 0 Å². The summed E-state index contributed by atoms with van der Waals surface area (Å²) in [5, 5.41) is 5.53. The topological polar surface area (TPSA) is 76.3 Å². The maximum Gasteiger partial charge on any atom is 0.253 e. The molecule has 1 unspecified atom stereocenters. The van der Waals surface area contributed by atoms with Gasteiger partial charge >= 0.3 is 0 Å². The summed E-state index contributed by atoms with van der Waals surface area (Å²) in [6, 6.07) is 12.8. The van der Waals surface area contributed by atoms with Crippen LogP contribution in [0.1, 0.15) is 40.0 Å². The predicted molar refractivity (Wildman–Crippen MR) is 107 cm³/mol. The zero-order valence-corrected chi connectivity index (χ0v) is 16.6. The van der Waals surface area contributed by atoms with E-state index in [2.05, 4.69) is 16.7 Å². The maximum atomic E-state index is 12.8. The van der Waals surface area contributed by atoms with Crippen molar-refractivity contribution in [3.05, 3.63) is 77.0 Å². The number of carbonyl (C=O) groups is 2. The number of carbonyl (C=O) groups excluding carboxylic acids is 2. The Hall–Kier alpha value is -3.28. The van der Waals surface area contributed by atoms with Crippen molar-refractivity contribution in [3.63, 3.8) is 0 Å². The van der Waals surface area contributed by atoms with Crippen LogP contribution in [0.2, 0.25) is 0 Å². The minimum Gasteiger partial charge on any atom is -0.467 e. The number of amides is 2. The van der Waals surface area contributed by atoms with E-state index in [1.807, 2.05) is 49.6 Å². The van der Waals surface area contributed by atoms with Crippen molar-refractivity contribution in [3.8, 4) is 5.69 Å². The van der Waals surface area contributed by atoms with Crippen molar-refractivity contribution < 1.29 is 14.0 Å². The van der Waals surface area contributed by atoms with Crippen LogP contribution in [0.5, 0.6) is 0 Å². The number of furan rings is 1. The molecule has 3 aromatic rings. The summed E-state index contributed by atoms with van der Waals surface area (Å²) in [4.78, 5) is 25.0. The van der Waals surface area contributed by atoms with Gasteiger partial charge in [-0.2, -0.15) is 0 Å². The van der Waals surface area contributed by atoms with Crippen LogP contribution >= 0.6 is 0 Å². The average Bonchev–Trinajstić information content (AvgIpc) is 3.27. The first-order chi connectivity index (χ1) is 13.4. The number of hydrogen-bond acceptors (Lipinski definition) is 3. The zero-order valence-electron chi connectivity index (χ0n) is 16.6. The van der Waals surface area contributed by atoms with Crippen molar-refractivity contribution in [2.45, 2.75) is 40.3 Å². The van der Waals surface area contributed by atoms with Crippen molar-refractivity contribution in [2.75, 3.05) is 0 Å². The molecule has 1 atom stereocenters. The number of aromatic nitrogens is 1. The third-order valence-electron chi connectivity index (χ3n) is 4.69. The fourth-order valence-electron chi connectivity index (χ4n) is 3.24. The Bertz CT molecular complexity index is 987. The normalized spacial score (nSPS) is 11.9. The van der Waals surface area contributed by atoms with E-state index in [0.717, 1.165) is 22.6 Å². The highest BCUT2D eigenvalue weighted by atomic mass is 16.3. The largest absolute Gasteiger partial charge is 0.467 e. The van der Waals surface area contributed by atoms with Gasteiger partial charge in [-0.15, -0.1) is 0 Å². The van der Waals surface area contributed by atoms with E-state index < -0.39 is 6.04 Å². The van der Waals surface area contributed by atoms with Gasteiger partial charge in [-0.05, 0) is 63.6 Å². The molecule has 2 N–H and O–H groups in total. The van der Waals surface area contributed by atoms with Crippen LogP contribution in [0.25, 0.3) is 5.69 Å². The lowest BCUT2D eigenvalue weighted by atomic mass is 10.2. The molecule has 0 radical (unpaired) electrons. The minimum atomic E-state index is -0.663. The van der Waals surface area contributed by atoms with Crippen molar-refractivity contribution >= 4 is 11.8 Å². The second kappa shape index (κ2) is 8.17. The number of nitrogens with one attached hydrogen (secondary N) is 2. The van der Waals surface area contributed by atoms with Gasteiger partial charge in [-0.25, -0.2) is 0 Å². The molecule has 146 valence electrons. The number of hydrogen-bond donors (Lipinski definition) is 2. The van der Waals surface area contributed by atoms with Gasteiger partial charge in [0, 0.05) is 17.1 Å². The van der Waals surface area contributed by atoms with Gasteiger partial charge in [0.15, 0.2) is 0 Å². The van der Waals surface area contributed by atoms with E-state index >= 15 is 0 Å². The number of rotatable bonds is 6. The Labute approximate surface area is 164 Å². The van der Waals surface area contributed by atoms with Crippen LogP contribution in [0, 0.1) is 20.8 Å². The maximum absolute atomic E-state index is 12.8. The van der Waals surface area contributed by atoms with Gasteiger partial charge in [0.25, 0.3) is 5.91 Å². The molecule has 0 bridgehead atoms. The lowest BCUT2D eigenvalue weighted by Gasteiger charge is -2.14. The molecule has 28 heavy (non-hydrogen) atoms. The smallest absolute Gasteiger partial charge is 0.253 e. The highest BCUT2D eigenvalue weighted by Crippen LogP contribution is 2.21. The Morgan fingerprint density at radius 3 is 2.57 bits per heavy atom. The summed E-state index contributed by atoms with van der Waals surface area (Å²) in [6.07, 6.45) is 1.55. The summed E-state index contributed by atoms with van der Waals surface area (Å²) < 4.78 is 7.24. The zero-order chi connectivity index (χ0) is 20.3. The number of benzene rings is 1.